The van der Waals surface area contributed by atoms with Crippen LogP contribution in [0.3, 0.4) is 0 Å². The van der Waals surface area contributed by atoms with Crippen LogP contribution in [-0.2, 0) is 0 Å². The molecule has 0 atom stereocenters. The van der Waals surface area contributed by atoms with Gasteiger partial charge in [-0.1, -0.05) is 30.3 Å². The van der Waals surface area contributed by atoms with E-state index in [1.165, 1.54) is 11.5 Å². The van der Waals surface area contributed by atoms with Crippen LogP contribution in [0.15, 0.2) is 34.2 Å². The molecule has 1 aromatic carbocycles. The number of rotatable bonds is 1. The second kappa shape index (κ2) is 3.33. The Labute approximate surface area is 82.6 Å². The maximum atomic E-state index is 4.20. The van der Waals surface area contributed by atoms with Gasteiger partial charge in [0.05, 0.1) is 0 Å². The van der Waals surface area contributed by atoms with Gasteiger partial charge >= 0.3 is 0 Å². The van der Waals surface area contributed by atoms with Gasteiger partial charge in [-0.2, -0.15) is 4.37 Å². The van der Waals surface area contributed by atoms with E-state index in [-0.39, 0.29) is 0 Å². The highest BCUT2D eigenvalue weighted by Crippen LogP contribution is 2.20. The van der Waals surface area contributed by atoms with Gasteiger partial charge in [0.2, 0.25) is 0 Å². The van der Waals surface area contributed by atoms with E-state index in [1.54, 1.807) is 0 Å². The van der Waals surface area contributed by atoms with Crippen LogP contribution >= 0.6 is 27.5 Å². The largest absolute Gasteiger partial charge is 0.208 e. The highest BCUT2D eigenvalue weighted by molar-refractivity contribution is 9.11. The highest BCUT2D eigenvalue weighted by Gasteiger charge is 2.02. The molecule has 4 heteroatoms. The molecule has 2 nitrogen and oxygen atoms in total. The monoisotopic (exact) mass is 240 g/mol. The minimum atomic E-state index is 0.785. The third-order valence-electron chi connectivity index (χ3n) is 1.43. The molecule has 0 aliphatic carbocycles. The zero-order chi connectivity index (χ0) is 8.39. The molecule has 0 saturated heterocycles. The third kappa shape index (κ3) is 1.54. The highest BCUT2D eigenvalue weighted by atomic mass is 79.9. The summed E-state index contributed by atoms with van der Waals surface area (Å²) in [6.07, 6.45) is 0. The lowest BCUT2D eigenvalue weighted by molar-refractivity contribution is 1.30. The van der Waals surface area contributed by atoms with Gasteiger partial charge in [-0.05, 0) is 27.5 Å². The molecule has 0 amide bonds. The van der Waals surface area contributed by atoms with Crippen LogP contribution in [0.5, 0.6) is 0 Å². The summed E-state index contributed by atoms with van der Waals surface area (Å²) < 4.78 is 4.99. The number of aromatic nitrogens is 2. The van der Waals surface area contributed by atoms with Crippen LogP contribution in [0, 0.1) is 0 Å². The van der Waals surface area contributed by atoms with Crippen molar-refractivity contribution in [3.63, 3.8) is 0 Å². The van der Waals surface area contributed by atoms with Crippen molar-refractivity contribution >= 4 is 27.5 Å². The van der Waals surface area contributed by atoms with Gasteiger partial charge in [-0.15, -0.1) is 0 Å². The number of hydrogen-bond donors (Lipinski definition) is 0. The second-order valence-corrected chi connectivity index (χ2v) is 4.26. The van der Waals surface area contributed by atoms with Gasteiger partial charge in [0.25, 0.3) is 0 Å². The van der Waals surface area contributed by atoms with Gasteiger partial charge in [-0.25, -0.2) is 4.98 Å². The van der Waals surface area contributed by atoms with Gasteiger partial charge in [0.15, 0.2) is 9.74 Å². The Morgan fingerprint density at radius 3 is 2.50 bits per heavy atom. The quantitative estimate of drug-likeness (QED) is 0.767. The number of halogens is 1. The summed E-state index contributed by atoms with van der Waals surface area (Å²) in [5, 5.41) is 0. The van der Waals surface area contributed by atoms with E-state index in [2.05, 4.69) is 25.3 Å². The minimum Gasteiger partial charge on any atom is -0.208 e. The molecule has 0 bridgehead atoms. The molecule has 0 aliphatic heterocycles. The first-order valence-electron chi connectivity index (χ1n) is 3.41. The number of hydrogen-bond acceptors (Lipinski definition) is 3. The molecule has 2 rings (SSSR count). The molecule has 0 radical (unpaired) electrons. The van der Waals surface area contributed by atoms with Crippen molar-refractivity contribution in [3.05, 3.63) is 34.2 Å². The van der Waals surface area contributed by atoms with Crippen LogP contribution in [0.25, 0.3) is 11.4 Å². The summed E-state index contributed by atoms with van der Waals surface area (Å²) in [5.41, 5.74) is 1.06. The summed E-state index contributed by atoms with van der Waals surface area (Å²) >= 11 is 4.63. The Balaban J connectivity index is 2.45. The van der Waals surface area contributed by atoms with Crippen molar-refractivity contribution in [2.75, 3.05) is 0 Å². The Hall–Kier alpha value is -0.740. The maximum absolute atomic E-state index is 4.20. The van der Waals surface area contributed by atoms with E-state index in [9.17, 15) is 0 Å². The normalized spacial score (nSPS) is 10.1. The van der Waals surface area contributed by atoms with E-state index < -0.39 is 0 Å². The van der Waals surface area contributed by atoms with E-state index >= 15 is 0 Å². The lowest BCUT2D eigenvalue weighted by Crippen LogP contribution is -1.77. The first kappa shape index (κ1) is 7.89. The predicted octanol–water partition coefficient (Wildman–Crippen LogP) is 2.97. The van der Waals surface area contributed by atoms with E-state index in [1.807, 2.05) is 30.3 Å². The van der Waals surface area contributed by atoms with E-state index in [0.717, 1.165) is 15.3 Å². The van der Waals surface area contributed by atoms with Crippen molar-refractivity contribution in [2.45, 2.75) is 0 Å². The predicted molar refractivity (Wildman–Crippen MR) is 53.0 cm³/mol. The molecular weight excluding hydrogens is 236 g/mol. The van der Waals surface area contributed by atoms with Crippen molar-refractivity contribution in [1.29, 1.82) is 0 Å². The molecule has 0 unspecified atom stereocenters. The van der Waals surface area contributed by atoms with Crippen LogP contribution in [0.1, 0.15) is 0 Å². The van der Waals surface area contributed by atoms with Gasteiger partial charge in [-0.3, -0.25) is 0 Å². The van der Waals surface area contributed by atoms with Crippen LogP contribution < -0.4 is 0 Å². The average Bonchev–Trinajstić information content (AvgIpc) is 2.54. The number of benzene rings is 1. The molecule has 0 fully saturated rings. The first-order chi connectivity index (χ1) is 5.86. The third-order valence-corrected chi connectivity index (χ3v) is 2.55. The molecule has 1 heterocycles. The fourth-order valence-electron chi connectivity index (χ4n) is 0.909. The SMILES string of the molecule is Brc1nc(-c2ccccc2)ns1. The van der Waals surface area contributed by atoms with Crippen LogP contribution in [0.4, 0.5) is 0 Å². The Kier molecular flexibility index (Phi) is 2.19. The van der Waals surface area contributed by atoms with Crippen molar-refractivity contribution < 1.29 is 0 Å². The summed E-state index contributed by atoms with van der Waals surface area (Å²) in [7, 11) is 0. The summed E-state index contributed by atoms with van der Waals surface area (Å²) in [6, 6.07) is 9.92. The molecular formula is C8H5BrN2S. The van der Waals surface area contributed by atoms with E-state index in [4.69, 9.17) is 0 Å². The topological polar surface area (TPSA) is 25.8 Å². The molecule has 12 heavy (non-hydrogen) atoms. The standard InChI is InChI=1S/C8H5BrN2S/c9-8-10-7(11-12-8)6-4-2-1-3-5-6/h1-5H. The van der Waals surface area contributed by atoms with Gasteiger partial charge < -0.3 is 0 Å². The molecule has 1 aromatic heterocycles. The molecule has 2 aromatic rings. The average molecular weight is 241 g/mol. The maximum Gasteiger partial charge on any atom is 0.179 e. The van der Waals surface area contributed by atoms with E-state index in [0.29, 0.717) is 0 Å². The zero-order valence-electron chi connectivity index (χ0n) is 6.07. The van der Waals surface area contributed by atoms with Crippen LogP contribution in [-0.4, -0.2) is 9.36 Å². The number of nitrogens with zero attached hydrogens (tertiary/aromatic N) is 2. The smallest absolute Gasteiger partial charge is 0.179 e. The molecule has 60 valence electrons. The molecule has 0 N–H and O–H groups in total. The second-order valence-electron chi connectivity index (χ2n) is 2.24. The van der Waals surface area contributed by atoms with Crippen molar-refractivity contribution in [3.8, 4) is 11.4 Å². The lowest BCUT2D eigenvalue weighted by atomic mass is 10.2. The Morgan fingerprint density at radius 2 is 1.92 bits per heavy atom. The van der Waals surface area contributed by atoms with Crippen LogP contribution in [0.2, 0.25) is 0 Å². The molecule has 0 aliphatic rings. The fraction of sp³-hybridized carbons (Fsp3) is 0. The first-order valence-corrected chi connectivity index (χ1v) is 4.97. The Morgan fingerprint density at radius 1 is 1.17 bits per heavy atom. The van der Waals surface area contributed by atoms with Gasteiger partial charge in [0.1, 0.15) is 0 Å². The fourth-order valence-corrected chi connectivity index (χ4v) is 1.73. The lowest BCUT2D eigenvalue weighted by Gasteiger charge is -1.90. The van der Waals surface area contributed by atoms with Crippen molar-refractivity contribution in [1.82, 2.24) is 9.36 Å². The zero-order valence-corrected chi connectivity index (χ0v) is 8.47. The summed E-state index contributed by atoms with van der Waals surface area (Å²) in [6.45, 7) is 0. The van der Waals surface area contributed by atoms with Gasteiger partial charge in [0, 0.05) is 5.56 Å². The summed E-state index contributed by atoms with van der Waals surface area (Å²) in [5.74, 6) is 0.785. The summed E-state index contributed by atoms with van der Waals surface area (Å²) in [4.78, 5) is 4.20. The molecule has 0 saturated carbocycles. The Bertz CT molecular complexity index is 372. The molecule has 0 spiro atoms. The van der Waals surface area contributed by atoms with Crippen molar-refractivity contribution in [2.24, 2.45) is 0 Å². The minimum absolute atomic E-state index is 0.785.